The predicted octanol–water partition coefficient (Wildman–Crippen LogP) is 3.07. The van der Waals surface area contributed by atoms with Crippen LogP contribution in [0, 0.1) is 11.3 Å². The average Bonchev–Trinajstić information content (AvgIpc) is 2.78. The number of hydrogen-bond donors (Lipinski definition) is 0. The maximum absolute atomic E-state index is 9.60. The molecule has 0 bridgehead atoms. The van der Waals surface area contributed by atoms with Gasteiger partial charge in [0, 0.05) is 51.7 Å². The molecule has 1 unspecified atom stereocenters. The number of pyridine rings is 1. The molecule has 1 aromatic carbocycles. The number of likely N-dealkylation sites (N-methyl/N-ethyl adjacent to an activating group) is 1. The Morgan fingerprint density at radius 3 is 2.69 bits per heavy atom. The van der Waals surface area contributed by atoms with E-state index in [0.29, 0.717) is 11.6 Å². The minimum atomic E-state index is 0.312. The molecule has 7 nitrogen and oxygen atoms in total. The van der Waals surface area contributed by atoms with Gasteiger partial charge in [0.1, 0.15) is 23.8 Å². The smallest absolute Gasteiger partial charge is 0.134 e. The molecule has 3 aromatic rings. The largest absolute Gasteiger partial charge is 0.363 e. The van der Waals surface area contributed by atoms with E-state index >= 15 is 0 Å². The number of para-hydroxylation sites is 1. The SMILES string of the molecule is CN(C)c1cc(N(C)C2CCCN(c3cc(C#N)c4ccccc4n3)C2)ncn1. The van der Waals surface area contributed by atoms with E-state index < -0.39 is 0 Å². The number of rotatable bonds is 4. The third-order valence-corrected chi connectivity index (χ3v) is 5.55. The van der Waals surface area contributed by atoms with E-state index in [-0.39, 0.29) is 0 Å². The van der Waals surface area contributed by atoms with E-state index in [1.165, 1.54) is 0 Å². The van der Waals surface area contributed by atoms with Crippen LogP contribution in [0.3, 0.4) is 0 Å². The maximum Gasteiger partial charge on any atom is 0.134 e. The summed E-state index contributed by atoms with van der Waals surface area (Å²) in [6.45, 7) is 1.78. The van der Waals surface area contributed by atoms with Crippen LogP contribution < -0.4 is 14.7 Å². The Morgan fingerprint density at radius 2 is 1.90 bits per heavy atom. The topological polar surface area (TPSA) is 72.2 Å². The van der Waals surface area contributed by atoms with Crippen LogP contribution in [0.5, 0.6) is 0 Å². The summed E-state index contributed by atoms with van der Waals surface area (Å²) in [4.78, 5) is 20.1. The number of aromatic nitrogens is 3. The zero-order chi connectivity index (χ0) is 20.4. The quantitative estimate of drug-likeness (QED) is 0.681. The molecule has 2 aromatic heterocycles. The van der Waals surface area contributed by atoms with Crippen LogP contribution in [-0.2, 0) is 0 Å². The Kier molecular flexibility index (Phi) is 5.17. The first-order valence-electron chi connectivity index (χ1n) is 9.84. The summed E-state index contributed by atoms with van der Waals surface area (Å²) < 4.78 is 0. The van der Waals surface area contributed by atoms with E-state index in [1.807, 2.05) is 55.4 Å². The Morgan fingerprint density at radius 1 is 1.10 bits per heavy atom. The monoisotopic (exact) mass is 387 g/mol. The van der Waals surface area contributed by atoms with Gasteiger partial charge in [-0.1, -0.05) is 18.2 Å². The Labute approximate surface area is 171 Å². The van der Waals surface area contributed by atoms with Gasteiger partial charge < -0.3 is 14.7 Å². The number of nitrogens with zero attached hydrogens (tertiary/aromatic N) is 7. The summed E-state index contributed by atoms with van der Waals surface area (Å²) in [6.07, 6.45) is 3.77. The van der Waals surface area contributed by atoms with Crippen LogP contribution >= 0.6 is 0 Å². The molecule has 1 aliphatic rings. The molecule has 29 heavy (non-hydrogen) atoms. The average molecular weight is 387 g/mol. The first-order valence-corrected chi connectivity index (χ1v) is 9.84. The molecule has 148 valence electrons. The van der Waals surface area contributed by atoms with Crippen LogP contribution in [0.4, 0.5) is 17.5 Å². The van der Waals surface area contributed by atoms with Crippen LogP contribution in [-0.4, -0.2) is 55.2 Å². The van der Waals surface area contributed by atoms with Crippen LogP contribution in [0.2, 0.25) is 0 Å². The lowest BCUT2D eigenvalue weighted by molar-refractivity contribution is 0.483. The van der Waals surface area contributed by atoms with Gasteiger partial charge in [0.25, 0.3) is 0 Å². The Bertz CT molecular complexity index is 1060. The lowest BCUT2D eigenvalue weighted by Crippen LogP contribution is -2.47. The van der Waals surface area contributed by atoms with Crippen molar-refractivity contribution >= 4 is 28.4 Å². The predicted molar refractivity (Wildman–Crippen MR) is 116 cm³/mol. The summed E-state index contributed by atoms with van der Waals surface area (Å²) in [5.41, 5.74) is 1.54. The highest BCUT2D eigenvalue weighted by atomic mass is 15.3. The molecule has 3 heterocycles. The van der Waals surface area contributed by atoms with Crippen molar-refractivity contribution in [2.24, 2.45) is 0 Å². The zero-order valence-corrected chi connectivity index (χ0v) is 17.1. The molecule has 1 aliphatic heterocycles. The molecule has 0 saturated carbocycles. The van der Waals surface area contributed by atoms with Gasteiger partial charge in [-0.05, 0) is 25.0 Å². The summed E-state index contributed by atoms with van der Waals surface area (Å²) in [5.74, 6) is 2.68. The fourth-order valence-electron chi connectivity index (χ4n) is 3.86. The number of anilines is 3. The lowest BCUT2D eigenvalue weighted by atomic mass is 10.0. The van der Waals surface area contributed by atoms with Gasteiger partial charge in [-0.15, -0.1) is 0 Å². The first-order chi connectivity index (χ1) is 14.1. The van der Waals surface area contributed by atoms with E-state index in [0.717, 1.165) is 54.3 Å². The first kappa shape index (κ1) is 18.9. The van der Waals surface area contributed by atoms with Crippen LogP contribution in [0.15, 0.2) is 42.7 Å². The van der Waals surface area contributed by atoms with Crippen molar-refractivity contribution < 1.29 is 0 Å². The van der Waals surface area contributed by atoms with Gasteiger partial charge in [-0.3, -0.25) is 0 Å². The fraction of sp³-hybridized carbons (Fsp3) is 0.364. The maximum atomic E-state index is 9.60. The molecule has 4 rings (SSSR count). The molecule has 0 spiro atoms. The fourth-order valence-corrected chi connectivity index (χ4v) is 3.86. The molecular formula is C22H25N7. The number of benzene rings is 1. The molecule has 0 amide bonds. The van der Waals surface area contributed by atoms with Crippen molar-refractivity contribution in [3.8, 4) is 6.07 Å². The van der Waals surface area contributed by atoms with Crippen molar-refractivity contribution in [1.29, 1.82) is 5.26 Å². The summed E-state index contributed by atoms with van der Waals surface area (Å²) in [5, 5.41) is 10.5. The third-order valence-electron chi connectivity index (χ3n) is 5.55. The van der Waals surface area contributed by atoms with Crippen molar-refractivity contribution in [3.05, 3.63) is 48.3 Å². The minimum Gasteiger partial charge on any atom is -0.363 e. The van der Waals surface area contributed by atoms with Gasteiger partial charge >= 0.3 is 0 Å². The van der Waals surface area contributed by atoms with Crippen molar-refractivity contribution in [2.45, 2.75) is 18.9 Å². The number of nitriles is 1. The highest BCUT2D eigenvalue weighted by Crippen LogP contribution is 2.27. The minimum absolute atomic E-state index is 0.312. The molecule has 0 radical (unpaired) electrons. The molecule has 0 aliphatic carbocycles. The van der Waals surface area contributed by atoms with E-state index in [1.54, 1.807) is 6.33 Å². The van der Waals surface area contributed by atoms with Gasteiger partial charge in [0.15, 0.2) is 0 Å². The summed E-state index contributed by atoms with van der Waals surface area (Å²) >= 11 is 0. The highest BCUT2D eigenvalue weighted by molar-refractivity contribution is 5.86. The van der Waals surface area contributed by atoms with Crippen LogP contribution in [0.1, 0.15) is 18.4 Å². The Hall–Kier alpha value is -3.40. The van der Waals surface area contributed by atoms with E-state index in [9.17, 15) is 5.26 Å². The van der Waals surface area contributed by atoms with Gasteiger partial charge in [0.2, 0.25) is 0 Å². The van der Waals surface area contributed by atoms with E-state index in [4.69, 9.17) is 4.98 Å². The second kappa shape index (κ2) is 7.92. The molecule has 1 fully saturated rings. The summed E-state index contributed by atoms with van der Waals surface area (Å²) in [7, 11) is 6.05. The summed E-state index contributed by atoms with van der Waals surface area (Å²) in [6, 6.07) is 14.4. The van der Waals surface area contributed by atoms with Gasteiger partial charge in [0.05, 0.1) is 17.1 Å². The molecular weight excluding hydrogens is 362 g/mol. The van der Waals surface area contributed by atoms with Crippen LogP contribution in [0.25, 0.3) is 10.9 Å². The van der Waals surface area contributed by atoms with Gasteiger partial charge in [-0.25, -0.2) is 15.0 Å². The lowest BCUT2D eigenvalue weighted by Gasteiger charge is -2.39. The molecule has 1 atom stereocenters. The number of hydrogen-bond acceptors (Lipinski definition) is 7. The third kappa shape index (κ3) is 3.79. The normalized spacial score (nSPS) is 16.5. The molecule has 1 saturated heterocycles. The number of piperidine rings is 1. The van der Waals surface area contributed by atoms with Crippen molar-refractivity contribution in [2.75, 3.05) is 48.9 Å². The highest BCUT2D eigenvalue weighted by Gasteiger charge is 2.26. The van der Waals surface area contributed by atoms with E-state index in [2.05, 4.69) is 32.9 Å². The Balaban J connectivity index is 1.59. The standard InChI is InChI=1S/C22H25N7/c1-27(2)20-12-21(25-15-24-20)28(3)17-7-6-10-29(14-17)22-11-16(13-23)18-8-4-5-9-19(18)26-22/h4-5,8-9,11-12,15,17H,6-7,10,14H2,1-3H3. The number of fused-ring (bicyclic) bond motifs is 1. The van der Waals surface area contributed by atoms with Gasteiger partial charge in [-0.2, -0.15) is 5.26 Å². The molecule has 7 heteroatoms. The zero-order valence-electron chi connectivity index (χ0n) is 17.1. The van der Waals surface area contributed by atoms with Crippen molar-refractivity contribution in [1.82, 2.24) is 15.0 Å². The second-order valence-corrected chi connectivity index (χ2v) is 7.64. The van der Waals surface area contributed by atoms with Crippen molar-refractivity contribution in [3.63, 3.8) is 0 Å². The molecule has 0 N–H and O–H groups in total. The second-order valence-electron chi connectivity index (χ2n) is 7.64.